The average molecular weight is 274 g/mol. The molecule has 0 atom stereocenters. The Kier molecular flexibility index (Phi) is 8.54. The van der Waals surface area contributed by atoms with Crippen molar-refractivity contribution < 1.29 is 4.39 Å². The summed E-state index contributed by atoms with van der Waals surface area (Å²) in [6.07, 6.45) is 0. The van der Waals surface area contributed by atoms with E-state index < -0.39 is 0 Å². The Bertz CT molecular complexity index is 507. The molecule has 0 unspecified atom stereocenters. The molecule has 0 spiro atoms. The highest BCUT2D eigenvalue weighted by Crippen LogP contribution is 2.10. The molecular formula is C19H27F. The monoisotopic (exact) mass is 274 g/mol. The van der Waals surface area contributed by atoms with Crippen molar-refractivity contribution >= 4 is 0 Å². The van der Waals surface area contributed by atoms with Crippen molar-refractivity contribution in [1.82, 2.24) is 0 Å². The Hall–Kier alpha value is -1.63. The first-order chi connectivity index (χ1) is 9.41. The highest BCUT2D eigenvalue weighted by Gasteiger charge is 1.93. The van der Waals surface area contributed by atoms with E-state index in [1.54, 1.807) is 13.0 Å². The van der Waals surface area contributed by atoms with Crippen LogP contribution in [0, 0.1) is 40.4 Å². The van der Waals surface area contributed by atoms with E-state index >= 15 is 0 Å². The van der Waals surface area contributed by atoms with Gasteiger partial charge in [0.2, 0.25) is 0 Å². The average Bonchev–Trinajstić information content (AvgIpc) is 2.43. The third-order valence-electron chi connectivity index (χ3n) is 3.20. The van der Waals surface area contributed by atoms with Crippen LogP contribution in [-0.2, 0) is 0 Å². The summed E-state index contributed by atoms with van der Waals surface area (Å²) in [4.78, 5) is 0. The lowest BCUT2D eigenvalue weighted by Gasteiger charge is -2.00. The van der Waals surface area contributed by atoms with Crippen molar-refractivity contribution in [3.8, 4) is 0 Å². The van der Waals surface area contributed by atoms with Gasteiger partial charge in [0, 0.05) is 0 Å². The first-order valence-electron chi connectivity index (χ1n) is 7.17. The molecule has 0 aliphatic rings. The molecule has 20 heavy (non-hydrogen) atoms. The lowest BCUT2D eigenvalue weighted by molar-refractivity contribution is 0.617. The number of halogens is 1. The van der Waals surface area contributed by atoms with Gasteiger partial charge >= 0.3 is 0 Å². The van der Waals surface area contributed by atoms with Crippen LogP contribution in [-0.4, -0.2) is 0 Å². The lowest BCUT2D eigenvalue weighted by Crippen LogP contribution is -1.82. The maximum atomic E-state index is 12.6. The van der Waals surface area contributed by atoms with Crippen LogP contribution < -0.4 is 0 Å². The van der Waals surface area contributed by atoms with Crippen molar-refractivity contribution in [3.63, 3.8) is 0 Å². The molecule has 2 aromatic carbocycles. The molecule has 110 valence electrons. The number of rotatable bonds is 0. The lowest BCUT2D eigenvalue weighted by atomic mass is 10.1. The molecule has 0 saturated heterocycles. The first-order valence-corrected chi connectivity index (χ1v) is 7.17. The van der Waals surface area contributed by atoms with Crippen molar-refractivity contribution in [3.05, 3.63) is 70.0 Å². The minimum Gasteiger partial charge on any atom is -0.207 e. The van der Waals surface area contributed by atoms with Gasteiger partial charge in [0.25, 0.3) is 0 Å². The molecule has 2 rings (SSSR count). The van der Waals surface area contributed by atoms with Crippen molar-refractivity contribution in [2.75, 3.05) is 0 Å². The Morgan fingerprint density at radius 3 is 1.55 bits per heavy atom. The molecule has 0 nitrogen and oxygen atoms in total. The summed E-state index contributed by atoms with van der Waals surface area (Å²) in [6.45, 7) is 14.1. The summed E-state index contributed by atoms with van der Waals surface area (Å²) < 4.78 is 12.6. The summed E-state index contributed by atoms with van der Waals surface area (Å²) in [5.74, 6) is -0.116. The van der Waals surface area contributed by atoms with Gasteiger partial charge in [-0.15, -0.1) is 0 Å². The van der Waals surface area contributed by atoms with Crippen LogP contribution in [0.4, 0.5) is 4.39 Å². The fourth-order valence-corrected chi connectivity index (χ4v) is 1.60. The Labute approximate surface area is 123 Å². The summed E-state index contributed by atoms with van der Waals surface area (Å²) in [5, 5.41) is 0. The zero-order valence-electron chi connectivity index (χ0n) is 13.8. The van der Waals surface area contributed by atoms with Gasteiger partial charge in [-0.2, -0.15) is 0 Å². The second-order valence-corrected chi connectivity index (χ2v) is 4.77. The number of hydrogen-bond acceptors (Lipinski definition) is 0. The summed E-state index contributed by atoms with van der Waals surface area (Å²) in [7, 11) is 0. The van der Waals surface area contributed by atoms with Gasteiger partial charge in [-0.1, -0.05) is 44.2 Å². The van der Waals surface area contributed by atoms with Crippen molar-refractivity contribution in [1.29, 1.82) is 0 Å². The molecule has 0 amide bonds. The standard InChI is InChI=1S/C9H12.C8H9F.C2H6/c1-7-5-4-6-8(2)9(7)3;1-6-3-4-7(2)8(9)5-6;1-2/h4-6H,1-3H3;3-5H,1-2H3;1-2H3. The Morgan fingerprint density at radius 1 is 0.700 bits per heavy atom. The Morgan fingerprint density at radius 2 is 1.20 bits per heavy atom. The van der Waals surface area contributed by atoms with E-state index in [1.807, 2.05) is 26.8 Å². The highest BCUT2D eigenvalue weighted by atomic mass is 19.1. The molecule has 0 saturated carbocycles. The minimum atomic E-state index is -0.116. The van der Waals surface area contributed by atoms with Crippen molar-refractivity contribution in [2.45, 2.75) is 48.5 Å². The van der Waals surface area contributed by atoms with Crippen molar-refractivity contribution in [2.24, 2.45) is 0 Å². The van der Waals surface area contributed by atoms with Crippen LogP contribution in [0.1, 0.15) is 41.7 Å². The predicted octanol–water partition coefficient (Wildman–Crippen LogP) is 6.08. The third-order valence-corrected chi connectivity index (χ3v) is 3.20. The molecule has 0 bridgehead atoms. The number of aryl methyl sites for hydroxylation is 4. The summed E-state index contributed by atoms with van der Waals surface area (Å²) in [6, 6.07) is 11.6. The minimum absolute atomic E-state index is 0.116. The number of benzene rings is 2. The topological polar surface area (TPSA) is 0 Å². The van der Waals surface area contributed by atoms with Crippen LogP contribution in [0.3, 0.4) is 0 Å². The Balaban J connectivity index is 0.000000321. The number of hydrogen-bond donors (Lipinski definition) is 0. The van der Waals surface area contributed by atoms with E-state index in [0.717, 1.165) is 5.56 Å². The van der Waals surface area contributed by atoms with E-state index in [-0.39, 0.29) is 5.82 Å². The molecule has 0 aromatic heterocycles. The largest absolute Gasteiger partial charge is 0.207 e. The smallest absolute Gasteiger partial charge is 0.126 e. The second-order valence-electron chi connectivity index (χ2n) is 4.77. The van der Waals surface area contributed by atoms with E-state index in [4.69, 9.17) is 0 Å². The van der Waals surface area contributed by atoms with E-state index in [2.05, 4.69) is 39.0 Å². The van der Waals surface area contributed by atoms with E-state index in [0.29, 0.717) is 5.56 Å². The maximum Gasteiger partial charge on any atom is 0.126 e. The fourth-order valence-electron chi connectivity index (χ4n) is 1.60. The molecule has 0 heterocycles. The van der Waals surface area contributed by atoms with Crippen LogP contribution in [0.15, 0.2) is 36.4 Å². The van der Waals surface area contributed by atoms with Gasteiger partial charge in [-0.3, -0.25) is 0 Å². The van der Waals surface area contributed by atoms with Crippen LogP contribution >= 0.6 is 0 Å². The van der Waals surface area contributed by atoms with E-state index in [1.165, 1.54) is 22.8 Å². The maximum absolute atomic E-state index is 12.6. The molecular weight excluding hydrogens is 247 g/mol. The molecule has 0 N–H and O–H groups in total. The van der Waals surface area contributed by atoms with Crippen LogP contribution in [0.5, 0.6) is 0 Å². The third kappa shape index (κ3) is 6.01. The van der Waals surface area contributed by atoms with Gasteiger partial charge < -0.3 is 0 Å². The van der Waals surface area contributed by atoms with Gasteiger partial charge in [-0.05, 0) is 68.5 Å². The van der Waals surface area contributed by atoms with Gasteiger partial charge in [0.05, 0.1) is 0 Å². The van der Waals surface area contributed by atoms with Crippen LogP contribution in [0.25, 0.3) is 0 Å². The van der Waals surface area contributed by atoms with E-state index in [9.17, 15) is 4.39 Å². The SMILES string of the molecule is CC.Cc1ccc(C)c(F)c1.Cc1cccc(C)c1C. The molecule has 0 aliphatic heterocycles. The normalized spacial score (nSPS) is 9.00. The summed E-state index contributed by atoms with van der Waals surface area (Å²) in [5.41, 5.74) is 5.86. The zero-order chi connectivity index (χ0) is 15.7. The molecule has 0 fully saturated rings. The fraction of sp³-hybridized carbons (Fsp3) is 0.368. The van der Waals surface area contributed by atoms with Crippen LogP contribution in [0.2, 0.25) is 0 Å². The van der Waals surface area contributed by atoms with Gasteiger partial charge in [0.1, 0.15) is 5.82 Å². The molecule has 1 heteroatoms. The second kappa shape index (κ2) is 9.30. The van der Waals surface area contributed by atoms with Gasteiger partial charge in [0.15, 0.2) is 0 Å². The molecule has 0 radical (unpaired) electrons. The predicted molar refractivity (Wildman–Crippen MR) is 87.9 cm³/mol. The highest BCUT2D eigenvalue weighted by molar-refractivity contribution is 5.31. The zero-order valence-corrected chi connectivity index (χ0v) is 13.8. The first kappa shape index (κ1) is 18.4. The van der Waals surface area contributed by atoms with Gasteiger partial charge in [-0.25, -0.2) is 4.39 Å². The molecule has 0 aliphatic carbocycles. The quantitative estimate of drug-likeness (QED) is 0.546. The summed E-state index contributed by atoms with van der Waals surface area (Å²) >= 11 is 0. The molecule has 2 aromatic rings.